The number of cyclic esters (lactones) is 1. The molecule has 2 heterocycles. The van der Waals surface area contributed by atoms with Crippen LogP contribution in [-0.2, 0) is 19.9 Å². The lowest BCUT2D eigenvalue weighted by molar-refractivity contribution is -0.208. The van der Waals surface area contributed by atoms with E-state index in [1.54, 1.807) is 0 Å². The molecule has 2 aliphatic heterocycles. The molecule has 0 amide bonds. The average Bonchev–Trinajstić information content (AvgIpc) is 3.65. The number of nitrogens with zero attached hydrogens (tertiary/aromatic N) is 2. The van der Waals surface area contributed by atoms with Crippen molar-refractivity contribution in [3.8, 4) is 0 Å². The Hall–Kier alpha value is -2.79. The van der Waals surface area contributed by atoms with E-state index in [1.165, 1.54) is 12.1 Å². The van der Waals surface area contributed by atoms with Crippen molar-refractivity contribution in [1.29, 1.82) is 0 Å². The van der Waals surface area contributed by atoms with Crippen molar-refractivity contribution in [3.63, 3.8) is 0 Å². The van der Waals surface area contributed by atoms with E-state index in [4.69, 9.17) is 9.47 Å². The Morgan fingerprint density at radius 3 is 2.40 bits per heavy atom. The summed E-state index contributed by atoms with van der Waals surface area (Å²) >= 11 is 0. The van der Waals surface area contributed by atoms with Gasteiger partial charge in [0.05, 0.1) is 17.3 Å². The van der Waals surface area contributed by atoms with Crippen LogP contribution in [0.3, 0.4) is 0 Å². The molecule has 0 spiro atoms. The predicted molar refractivity (Wildman–Crippen MR) is 145 cm³/mol. The van der Waals surface area contributed by atoms with Gasteiger partial charge in [-0.25, -0.2) is 9.59 Å². The van der Waals surface area contributed by atoms with Gasteiger partial charge in [0.2, 0.25) is 5.76 Å². The SMILES string of the molecule is C[C@]12CC[C@H](O)C[C@H]1CC[C@@H]1[C@@H]2CC[C@]2(C)[C@@H](C3=C(OC(=O)c4ccc(C5(C(F)(F)F)N=N5)cc4)C(=O)OC3)CC[C@]12O. The number of benzene rings is 1. The number of rotatable bonds is 4. The van der Waals surface area contributed by atoms with Crippen molar-refractivity contribution in [2.75, 3.05) is 6.61 Å². The number of hydrogen-bond acceptors (Lipinski definition) is 8. The van der Waals surface area contributed by atoms with Crippen molar-refractivity contribution in [2.24, 2.45) is 44.7 Å². The number of halogens is 3. The zero-order valence-electron chi connectivity index (χ0n) is 24.3. The van der Waals surface area contributed by atoms with Crippen LogP contribution in [0.2, 0.25) is 0 Å². The van der Waals surface area contributed by atoms with Crippen LogP contribution in [-0.4, -0.2) is 46.6 Å². The van der Waals surface area contributed by atoms with Gasteiger partial charge < -0.3 is 19.7 Å². The molecule has 7 rings (SSSR count). The van der Waals surface area contributed by atoms with Gasteiger partial charge in [-0.2, -0.15) is 13.2 Å². The molecule has 0 saturated heterocycles. The standard InChI is InChI=1S/C32H37F3N2O6/c1-28-12-9-20(38)15-19(28)7-8-24-23(28)10-13-29(2)22(11-14-30(24,29)41)21-16-42-27(40)25(21)43-26(39)17-3-5-18(6-4-17)31(36-37-31)32(33,34)35/h3-6,19-20,22-24,38,41H,7-16H2,1-2H3/t19-,20+,22-,23+,24-,28+,29-,30+/m1/s1. The van der Waals surface area contributed by atoms with Gasteiger partial charge in [0.1, 0.15) is 6.61 Å². The molecule has 1 aromatic carbocycles. The molecular weight excluding hydrogens is 565 g/mol. The van der Waals surface area contributed by atoms with E-state index in [1.807, 2.05) is 0 Å². The number of esters is 2. The molecule has 6 aliphatic rings. The zero-order valence-corrected chi connectivity index (χ0v) is 24.3. The highest BCUT2D eigenvalue weighted by Crippen LogP contribution is 2.70. The van der Waals surface area contributed by atoms with Gasteiger partial charge in [-0.3, -0.25) is 0 Å². The molecule has 0 unspecified atom stereocenters. The summed E-state index contributed by atoms with van der Waals surface area (Å²) in [5.74, 6) is -1.11. The van der Waals surface area contributed by atoms with E-state index in [-0.39, 0.29) is 46.8 Å². The summed E-state index contributed by atoms with van der Waals surface area (Å²) in [6, 6.07) is 4.66. The van der Waals surface area contributed by atoms with Gasteiger partial charge in [-0.05, 0) is 99.0 Å². The lowest BCUT2D eigenvalue weighted by Gasteiger charge is -2.63. The van der Waals surface area contributed by atoms with Gasteiger partial charge in [0.15, 0.2) is 0 Å². The summed E-state index contributed by atoms with van der Waals surface area (Å²) in [4.78, 5) is 25.9. The lowest BCUT2D eigenvalue weighted by Crippen LogP contribution is -2.62. The van der Waals surface area contributed by atoms with Crippen molar-refractivity contribution in [3.05, 3.63) is 46.7 Å². The van der Waals surface area contributed by atoms with E-state index in [2.05, 4.69) is 24.1 Å². The second-order valence-electron chi connectivity index (χ2n) is 14.2. The maximum Gasteiger partial charge on any atom is 0.442 e. The molecule has 0 aromatic heterocycles. The number of carbonyl (C=O) groups is 2. The fraction of sp³-hybridized carbons (Fsp3) is 0.688. The third-order valence-corrected chi connectivity index (χ3v) is 12.5. The largest absolute Gasteiger partial charge is 0.455 e. The van der Waals surface area contributed by atoms with Crippen LogP contribution in [0, 0.1) is 34.5 Å². The number of alkyl halides is 3. The van der Waals surface area contributed by atoms with Crippen LogP contribution in [0.15, 0.2) is 45.8 Å². The Morgan fingerprint density at radius 2 is 1.72 bits per heavy atom. The third kappa shape index (κ3) is 4.02. The molecule has 1 aromatic rings. The van der Waals surface area contributed by atoms with Gasteiger partial charge in [-0.1, -0.05) is 26.0 Å². The second kappa shape index (κ2) is 9.36. The maximum atomic E-state index is 13.4. The topological polar surface area (TPSA) is 118 Å². The fourth-order valence-corrected chi connectivity index (χ4v) is 9.97. The molecule has 8 nitrogen and oxygen atoms in total. The lowest BCUT2D eigenvalue weighted by atomic mass is 9.43. The number of fused-ring (bicyclic) bond motifs is 5. The summed E-state index contributed by atoms with van der Waals surface area (Å²) in [6.45, 7) is 4.42. The Labute approximate surface area is 247 Å². The molecule has 43 heavy (non-hydrogen) atoms. The minimum Gasteiger partial charge on any atom is -0.455 e. The highest BCUT2D eigenvalue weighted by atomic mass is 19.4. The van der Waals surface area contributed by atoms with Crippen LogP contribution in [0.25, 0.3) is 0 Å². The smallest absolute Gasteiger partial charge is 0.442 e. The van der Waals surface area contributed by atoms with E-state index in [0.29, 0.717) is 30.3 Å². The number of aliphatic hydroxyl groups is 2. The highest BCUT2D eigenvalue weighted by Gasteiger charge is 2.68. The summed E-state index contributed by atoms with van der Waals surface area (Å²) in [7, 11) is 0. The molecule has 11 heteroatoms. The minimum absolute atomic E-state index is 0.0227. The van der Waals surface area contributed by atoms with Gasteiger partial charge in [0, 0.05) is 16.6 Å². The van der Waals surface area contributed by atoms with Crippen molar-refractivity contribution in [2.45, 2.75) is 95.2 Å². The molecular formula is C32H37F3N2O6. The van der Waals surface area contributed by atoms with Crippen LogP contribution >= 0.6 is 0 Å². The molecule has 232 valence electrons. The van der Waals surface area contributed by atoms with Crippen LogP contribution < -0.4 is 0 Å². The first-order valence-electron chi connectivity index (χ1n) is 15.4. The summed E-state index contributed by atoms with van der Waals surface area (Å²) in [5, 5.41) is 29.2. The van der Waals surface area contributed by atoms with Crippen LogP contribution in [0.5, 0.6) is 0 Å². The first-order valence-corrected chi connectivity index (χ1v) is 15.4. The van der Waals surface area contributed by atoms with Gasteiger partial charge in [0.25, 0.3) is 0 Å². The maximum absolute atomic E-state index is 13.4. The molecule has 2 N–H and O–H groups in total. The minimum atomic E-state index is -4.68. The second-order valence-corrected chi connectivity index (χ2v) is 14.2. The Bertz CT molecular complexity index is 1420. The molecule has 4 aliphatic carbocycles. The molecule has 4 saturated carbocycles. The third-order valence-electron chi connectivity index (χ3n) is 12.5. The zero-order chi connectivity index (χ0) is 30.6. The summed E-state index contributed by atoms with van der Waals surface area (Å²) in [5.41, 5.74) is -3.66. The first kappa shape index (κ1) is 29.0. The molecule has 8 atom stereocenters. The van der Waals surface area contributed by atoms with E-state index in [0.717, 1.165) is 57.1 Å². The summed E-state index contributed by atoms with van der Waals surface area (Å²) < 4.78 is 51.0. The van der Waals surface area contributed by atoms with Crippen LogP contribution in [0.1, 0.15) is 87.6 Å². The van der Waals surface area contributed by atoms with E-state index >= 15 is 0 Å². The monoisotopic (exact) mass is 602 g/mol. The Kier molecular flexibility index (Phi) is 6.30. The Balaban J connectivity index is 1.13. The number of carbonyl (C=O) groups excluding carboxylic acids is 2. The number of hydrogen-bond donors (Lipinski definition) is 2. The summed E-state index contributed by atoms with van der Waals surface area (Å²) in [6.07, 6.45) is 2.47. The van der Waals surface area contributed by atoms with Crippen molar-refractivity contribution < 1.29 is 42.4 Å². The molecule has 0 radical (unpaired) electrons. The molecule has 4 fully saturated rings. The predicted octanol–water partition coefficient (Wildman–Crippen LogP) is 5.97. The first-order chi connectivity index (χ1) is 20.2. The van der Waals surface area contributed by atoms with Crippen molar-refractivity contribution in [1.82, 2.24) is 0 Å². The quantitative estimate of drug-likeness (QED) is 0.410. The number of ether oxygens (including phenoxy) is 2. The van der Waals surface area contributed by atoms with Gasteiger partial charge >= 0.3 is 23.8 Å². The highest BCUT2D eigenvalue weighted by molar-refractivity contribution is 5.97. The molecule has 0 bridgehead atoms. The van der Waals surface area contributed by atoms with Crippen molar-refractivity contribution >= 4 is 11.9 Å². The van der Waals surface area contributed by atoms with Gasteiger partial charge in [-0.15, -0.1) is 10.2 Å². The normalized spacial score (nSPS) is 41.3. The Morgan fingerprint density at radius 1 is 1.00 bits per heavy atom. The van der Waals surface area contributed by atoms with E-state index in [9.17, 15) is 33.0 Å². The van der Waals surface area contributed by atoms with E-state index < -0.39 is 34.8 Å². The van der Waals surface area contributed by atoms with Crippen LogP contribution in [0.4, 0.5) is 13.2 Å². The fourth-order valence-electron chi connectivity index (χ4n) is 9.97. The average molecular weight is 603 g/mol. The number of aliphatic hydroxyl groups excluding tert-OH is 1.